The highest BCUT2D eigenvalue weighted by molar-refractivity contribution is 5.81. The lowest BCUT2D eigenvalue weighted by Crippen LogP contribution is -2.35. The molecule has 5 heteroatoms. The van der Waals surface area contributed by atoms with Crippen molar-refractivity contribution in [2.75, 3.05) is 18.8 Å². The Hall–Kier alpha value is -2.04. The zero-order valence-corrected chi connectivity index (χ0v) is 13.7. The maximum atomic E-state index is 11.7. The zero-order valence-electron chi connectivity index (χ0n) is 13.7. The summed E-state index contributed by atoms with van der Waals surface area (Å²) in [5, 5.41) is 5.72. The van der Waals surface area contributed by atoms with Gasteiger partial charge in [-0.1, -0.05) is 32.9 Å². The SMILES string of the molecule is CC(C)(C)C(=O)NCCCC(=O)NCCc1ccc(N)cc1. The average molecular weight is 305 g/mol. The number of hydrogen-bond acceptors (Lipinski definition) is 3. The van der Waals surface area contributed by atoms with E-state index in [4.69, 9.17) is 5.73 Å². The maximum absolute atomic E-state index is 11.7. The van der Waals surface area contributed by atoms with Gasteiger partial charge in [-0.3, -0.25) is 9.59 Å². The number of amides is 2. The Morgan fingerprint density at radius 3 is 2.27 bits per heavy atom. The molecular formula is C17H27N3O2. The summed E-state index contributed by atoms with van der Waals surface area (Å²) in [5.41, 5.74) is 7.12. The van der Waals surface area contributed by atoms with E-state index in [1.54, 1.807) is 0 Å². The van der Waals surface area contributed by atoms with E-state index in [0.717, 1.165) is 17.7 Å². The highest BCUT2D eigenvalue weighted by atomic mass is 16.2. The number of benzene rings is 1. The average Bonchev–Trinajstić information content (AvgIpc) is 2.44. The highest BCUT2D eigenvalue weighted by Gasteiger charge is 2.20. The van der Waals surface area contributed by atoms with Crippen LogP contribution < -0.4 is 16.4 Å². The number of rotatable bonds is 7. The minimum atomic E-state index is -0.388. The Morgan fingerprint density at radius 2 is 1.68 bits per heavy atom. The molecule has 0 radical (unpaired) electrons. The van der Waals surface area contributed by atoms with Crippen molar-refractivity contribution in [3.05, 3.63) is 29.8 Å². The van der Waals surface area contributed by atoms with Gasteiger partial charge in [-0.2, -0.15) is 0 Å². The van der Waals surface area contributed by atoms with Crippen LogP contribution in [0.3, 0.4) is 0 Å². The van der Waals surface area contributed by atoms with Gasteiger partial charge in [0.2, 0.25) is 11.8 Å². The molecule has 0 bridgehead atoms. The van der Waals surface area contributed by atoms with E-state index in [2.05, 4.69) is 10.6 Å². The number of nitrogens with two attached hydrogens (primary N) is 1. The minimum absolute atomic E-state index is 0.0104. The topological polar surface area (TPSA) is 84.2 Å². The largest absolute Gasteiger partial charge is 0.399 e. The van der Waals surface area contributed by atoms with Gasteiger partial charge in [0, 0.05) is 30.6 Å². The van der Waals surface area contributed by atoms with E-state index in [1.165, 1.54) is 0 Å². The van der Waals surface area contributed by atoms with Crippen LogP contribution in [0.5, 0.6) is 0 Å². The Kier molecular flexibility index (Phi) is 6.89. The maximum Gasteiger partial charge on any atom is 0.225 e. The zero-order chi connectivity index (χ0) is 16.6. The Bertz CT molecular complexity index is 490. The predicted octanol–water partition coefficient (Wildman–Crippen LogP) is 1.87. The second-order valence-corrected chi connectivity index (χ2v) is 6.45. The first-order valence-electron chi connectivity index (χ1n) is 7.68. The molecule has 1 aromatic rings. The van der Waals surface area contributed by atoms with Crippen LogP contribution in [0.1, 0.15) is 39.2 Å². The van der Waals surface area contributed by atoms with E-state index in [0.29, 0.717) is 25.9 Å². The van der Waals surface area contributed by atoms with Crippen molar-refractivity contribution in [1.29, 1.82) is 0 Å². The number of carbonyl (C=O) groups is 2. The lowest BCUT2D eigenvalue weighted by Gasteiger charge is -2.17. The first-order chi connectivity index (χ1) is 10.3. The van der Waals surface area contributed by atoms with Gasteiger partial charge in [0.25, 0.3) is 0 Å². The van der Waals surface area contributed by atoms with E-state index >= 15 is 0 Å². The van der Waals surface area contributed by atoms with Crippen LogP contribution >= 0.6 is 0 Å². The quantitative estimate of drug-likeness (QED) is 0.531. The lowest BCUT2D eigenvalue weighted by atomic mass is 9.96. The summed E-state index contributed by atoms with van der Waals surface area (Å²) >= 11 is 0. The summed E-state index contributed by atoms with van der Waals surface area (Å²) in [6, 6.07) is 7.64. The number of carbonyl (C=O) groups excluding carboxylic acids is 2. The Balaban J connectivity index is 2.11. The Labute approximate surface area is 132 Å². The summed E-state index contributed by atoms with van der Waals surface area (Å²) < 4.78 is 0. The molecule has 0 heterocycles. The van der Waals surface area contributed by atoms with Crippen LogP contribution in [0.25, 0.3) is 0 Å². The van der Waals surface area contributed by atoms with Gasteiger partial charge in [-0.05, 0) is 30.5 Å². The number of nitrogen functional groups attached to an aromatic ring is 1. The fourth-order valence-electron chi connectivity index (χ4n) is 1.83. The third-order valence-corrected chi connectivity index (χ3v) is 3.26. The van der Waals surface area contributed by atoms with E-state index in [-0.39, 0.29) is 17.2 Å². The molecule has 0 atom stereocenters. The standard InChI is InChI=1S/C17H27N3O2/c1-17(2,3)16(22)20-11-4-5-15(21)19-12-10-13-6-8-14(18)9-7-13/h6-9H,4-5,10-12,18H2,1-3H3,(H,19,21)(H,20,22). The van der Waals surface area contributed by atoms with Crippen LogP contribution in [0.4, 0.5) is 5.69 Å². The smallest absolute Gasteiger partial charge is 0.225 e. The fourth-order valence-corrected chi connectivity index (χ4v) is 1.83. The molecule has 122 valence electrons. The van der Waals surface area contributed by atoms with Crippen molar-refractivity contribution in [2.45, 2.75) is 40.0 Å². The molecule has 0 aliphatic rings. The molecule has 0 unspecified atom stereocenters. The van der Waals surface area contributed by atoms with Gasteiger partial charge < -0.3 is 16.4 Å². The summed E-state index contributed by atoms with van der Waals surface area (Å²) in [5.74, 6) is 0.0247. The van der Waals surface area contributed by atoms with Gasteiger partial charge in [0.05, 0.1) is 0 Å². The highest BCUT2D eigenvalue weighted by Crippen LogP contribution is 2.12. The van der Waals surface area contributed by atoms with Gasteiger partial charge in [0.15, 0.2) is 0 Å². The first kappa shape index (κ1) is 18.0. The van der Waals surface area contributed by atoms with Crippen LogP contribution in [0.15, 0.2) is 24.3 Å². The van der Waals surface area contributed by atoms with Crippen molar-refractivity contribution in [2.24, 2.45) is 5.41 Å². The summed E-state index contributed by atoms with van der Waals surface area (Å²) in [6.07, 6.45) is 1.86. The van der Waals surface area contributed by atoms with Crippen molar-refractivity contribution < 1.29 is 9.59 Å². The van der Waals surface area contributed by atoms with Crippen molar-refractivity contribution in [1.82, 2.24) is 10.6 Å². The molecule has 0 fully saturated rings. The third kappa shape index (κ3) is 7.11. The molecule has 1 aromatic carbocycles. The number of nitrogens with one attached hydrogen (secondary N) is 2. The van der Waals surface area contributed by atoms with Crippen molar-refractivity contribution in [3.8, 4) is 0 Å². The Morgan fingerprint density at radius 1 is 1.05 bits per heavy atom. The second kappa shape index (κ2) is 8.41. The van der Waals surface area contributed by atoms with Crippen LogP contribution in [-0.4, -0.2) is 24.9 Å². The van der Waals surface area contributed by atoms with Crippen LogP contribution in [-0.2, 0) is 16.0 Å². The first-order valence-corrected chi connectivity index (χ1v) is 7.68. The van der Waals surface area contributed by atoms with E-state index in [1.807, 2.05) is 45.0 Å². The number of hydrogen-bond donors (Lipinski definition) is 3. The number of anilines is 1. The normalized spacial score (nSPS) is 11.0. The van der Waals surface area contributed by atoms with Crippen LogP contribution in [0, 0.1) is 5.41 Å². The van der Waals surface area contributed by atoms with Gasteiger partial charge in [-0.25, -0.2) is 0 Å². The molecule has 22 heavy (non-hydrogen) atoms. The molecule has 0 aliphatic heterocycles. The molecule has 0 aliphatic carbocycles. The molecule has 0 saturated heterocycles. The predicted molar refractivity (Wildman–Crippen MR) is 89.3 cm³/mol. The summed E-state index contributed by atoms with van der Waals surface area (Å²) in [7, 11) is 0. The molecule has 0 saturated carbocycles. The molecule has 5 nitrogen and oxygen atoms in total. The molecule has 4 N–H and O–H groups in total. The molecule has 1 rings (SSSR count). The fraction of sp³-hybridized carbons (Fsp3) is 0.529. The minimum Gasteiger partial charge on any atom is -0.399 e. The molecule has 2 amide bonds. The van der Waals surface area contributed by atoms with Gasteiger partial charge in [-0.15, -0.1) is 0 Å². The second-order valence-electron chi connectivity index (χ2n) is 6.45. The van der Waals surface area contributed by atoms with Crippen molar-refractivity contribution >= 4 is 17.5 Å². The van der Waals surface area contributed by atoms with Gasteiger partial charge >= 0.3 is 0 Å². The lowest BCUT2D eigenvalue weighted by molar-refractivity contribution is -0.128. The summed E-state index contributed by atoms with van der Waals surface area (Å²) in [4.78, 5) is 23.3. The van der Waals surface area contributed by atoms with Gasteiger partial charge in [0.1, 0.15) is 0 Å². The van der Waals surface area contributed by atoms with E-state index in [9.17, 15) is 9.59 Å². The van der Waals surface area contributed by atoms with E-state index < -0.39 is 0 Å². The monoisotopic (exact) mass is 305 g/mol. The molecular weight excluding hydrogens is 278 g/mol. The third-order valence-electron chi connectivity index (χ3n) is 3.26. The van der Waals surface area contributed by atoms with Crippen LogP contribution in [0.2, 0.25) is 0 Å². The summed E-state index contributed by atoms with van der Waals surface area (Å²) in [6.45, 7) is 6.74. The molecule has 0 spiro atoms. The molecule has 0 aromatic heterocycles. The van der Waals surface area contributed by atoms with Crippen molar-refractivity contribution in [3.63, 3.8) is 0 Å².